The van der Waals surface area contributed by atoms with Crippen LogP contribution in [0.4, 0.5) is 0 Å². The normalized spacial score (nSPS) is 11.3. The predicted octanol–water partition coefficient (Wildman–Crippen LogP) is 1.36. The Morgan fingerprint density at radius 2 is 2.00 bits per heavy atom. The fourth-order valence-electron chi connectivity index (χ4n) is 0.632. The van der Waals surface area contributed by atoms with Gasteiger partial charge in [0.25, 0.3) is 0 Å². The molecule has 0 radical (unpaired) electrons. The van der Waals surface area contributed by atoms with Crippen LogP contribution in [-0.4, -0.2) is 25.3 Å². The van der Waals surface area contributed by atoms with E-state index in [4.69, 9.17) is 9.47 Å². The molecule has 0 saturated carbocycles. The maximum absolute atomic E-state index is 10.9. The molecule has 0 fully saturated rings. The second kappa shape index (κ2) is 4.34. The lowest BCUT2D eigenvalue weighted by atomic mass is 10.1. The van der Waals surface area contributed by atoms with Crippen LogP contribution in [0.1, 0.15) is 27.2 Å². The van der Waals surface area contributed by atoms with Gasteiger partial charge in [-0.15, -0.1) is 0 Å². The average Bonchev–Trinajstić information content (AvgIpc) is 1.87. The van der Waals surface area contributed by atoms with Gasteiger partial charge in [0, 0.05) is 7.11 Å². The van der Waals surface area contributed by atoms with Crippen LogP contribution in [0.5, 0.6) is 0 Å². The standard InChI is InChI=1S/C8H16O3/c1-5-11-7(9)6-8(2,3)10-4/h5-6H2,1-4H3. The molecule has 0 aromatic rings. The van der Waals surface area contributed by atoms with Crippen LogP contribution in [0.2, 0.25) is 0 Å². The molecule has 0 aliphatic carbocycles. The van der Waals surface area contributed by atoms with Crippen LogP contribution < -0.4 is 0 Å². The van der Waals surface area contributed by atoms with Crippen molar-refractivity contribution in [1.82, 2.24) is 0 Å². The van der Waals surface area contributed by atoms with Crippen molar-refractivity contribution in [1.29, 1.82) is 0 Å². The third-order valence-electron chi connectivity index (χ3n) is 1.43. The summed E-state index contributed by atoms with van der Waals surface area (Å²) in [6.45, 7) is 5.92. The first-order chi connectivity index (χ1) is 5.02. The van der Waals surface area contributed by atoms with Crippen LogP contribution in [0.15, 0.2) is 0 Å². The molecular weight excluding hydrogens is 144 g/mol. The molecule has 3 nitrogen and oxygen atoms in total. The predicted molar refractivity (Wildman–Crippen MR) is 42.3 cm³/mol. The Hall–Kier alpha value is -0.570. The maximum atomic E-state index is 10.9. The Bertz CT molecular complexity index is 129. The lowest BCUT2D eigenvalue weighted by Crippen LogP contribution is -2.27. The number of methoxy groups -OCH3 is 1. The number of rotatable bonds is 4. The van der Waals surface area contributed by atoms with E-state index in [-0.39, 0.29) is 5.97 Å². The van der Waals surface area contributed by atoms with Crippen LogP contribution in [-0.2, 0) is 14.3 Å². The molecule has 3 heteroatoms. The Kier molecular flexibility index (Phi) is 4.11. The number of hydrogen-bond donors (Lipinski definition) is 0. The van der Waals surface area contributed by atoms with Gasteiger partial charge in [-0.25, -0.2) is 0 Å². The summed E-state index contributed by atoms with van der Waals surface area (Å²) < 4.78 is 9.81. The van der Waals surface area contributed by atoms with Crippen LogP contribution in [0, 0.1) is 0 Å². The molecule has 0 spiro atoms. The van der Waals surface area contributed by atoms with Gasteiger partial charge in [0.2, 0.25) is 0 Å². The van der Waals surface area contributed by atoms with E-state index in [1.54, 1.807) is 14.0 Å². The number of ether oxygens (including phenoxy) is 2. The Labute approximate surface area is 67.7 Å². The van der Waals surface area contributed by atoms with Crippen LogP contribution >= 0.6 is 0 Å². The van der Waals surface area contributed by atoms with E-state index in [2.05, 4.69) is 0 Å². The van der Waals surface area contributed by atoms with E-state index in [1.807, 2.05) is 13.8 Å². The Balaban J connectivity index is 3.74. The highest BCUT2D eigenvalue weighted by Gasteiger charge is 2.21. The molecule has 0 amide bonds. The van der Waals surface area contributed by atoms with Gasteiger partial charge >= 0.3 is 5.97 Å². The largest absolute Gasteiger partial charge is 0.466 e. The van der Waals surface area contributed by atoms with Crippen molar-refractivity contribution in [2.75, 3.05) is 13.7 Å². The fourth-order valence-corrected chi connectivity index (χ4v) is 0.632. The minimum Gasteiger partial charge on any atom is -0.466 e. The molecule has 0 bridgehead atoms. The van der Waals surface area contributed by atoms with Gasteiger partial charge < -0.3 is 9.47 Å². The first kappa shape index (κ1) is 10.4. The van der Waals surface area contributed by atoms with Gasteiger partial charge in [-0.05, 0) is 20.8 Å². The quantitative estimate of drug-likeness (QED) is 0.582. The zero-order chi connectivity index (χ0) is 8.91. The molecule has 0 rings (SSSR count). The number of hydrogen-bond acceptors (Lipinski definition) is 3. The smallest absolute Gasteiger partial charge is 0.308 e. The van der Waals surface area contributed by atoms with Gasteiger partial charge in [0.15, 0.2) is 0 Å². The summed E-state index contributed by atoms with van der Waals surface area (Å²) >= 11 is 0. The second-order valence-electron chi connectivity index (χ2n) is 2.95. The van der Waals surface area contributed by atoms with Crippen LogP contribution in [0.3, 0.4) is 0 Å². The molecule has 0 aromatic heterocycles. The number of carbonyl (C=O) groups excluding carboxylic acids is 1. The third-order valence-corrected chi connectivity index (χ3v) is 1.43. The van der Waals surface area contributed by atoms with Crippen molar-refractivity contribution in [2.45, 2.75) is 32.8 Å². The summed E-state index contributed by atoms with van der Waals surface area (Å²) in [6.07, 6.45) is 0.303. The minimum absolute atomic E-state index is 0.209. The first-order valence-corrected chi connectivity index (χ1v) is 3.72. The molecule has 0 atom stereocenters. The summed E-state index contributed by atoms with van der Waals surface area (Å²) in [5.41, 5.74) is -0.410. The highest BCUT2D eigenvalue weighted by molar-refractivity contribution is 5.70. The van der Waals surface area contributed by atoms with E-state index in [0.717, 1.165) is 0 Å². The SMILES string of the molecule is CCOC(=O)CC(C)(C)OC. The maximum Gasteiger partial charge on any atom is 0.308 e. The Morgan fingerprint density at radius 3 is 2.36 bits per heavy atom. The van der Waals surface area contributed by atoms with E-state index >= 15 is 0 Å². The van der Waals surface area contributed by atoms with Crippen molar-refractivity contribution in [3.8, 4) is 0 Å². The molecule has 66 valence electrons. The Morgan fingerprint density at radius 1 is 1.45 bits per heavy atom. The number of esters is 1. The highest BCUT2D eigenvalue weighted by Crippen LogP contribution is 2.13. The van der Waals surface area contributed by atoms with E-state index in [9.17, 15) is 4.79 Å². The summed E-state index contributed by atoms with van der Waals surface area (Å²) in [5, 5.41) is 0. The molecule has 0 aliphatic heterocycles. The summed E-state index contributed by atoms with van der Waals surface area (Å²) in [7, 11) is 1.58. The molecule has 0 aliphatic rings. The molecule has 0 saturated heterocycles. The molecule has 0 N–H and O–H groups in total. The van der Waals surface area contributed by atoms with Crippen molar-refractivity contribution in [3.05, 3.63) is 0 Å². The van der Waals surface area contributed by atoms with Gasteiger partial charge in [-0.3, -0.25) is 4.79 Å². The van der Waals surface area contributed by atoms with Crippen molar-refractivity contribution < 1.29 is 14.3 Å². The highest BCUT2D eigenvalue weighted by atomic mass is 16.5. The van der Waals surface area contributed by atoms with E-state index < -0.39 is 5.60 Å². The van der Waals surface area contributed by atoms with E-state index in [1.165, 1.54) is 0 Å². The van der Waals surface area contributed by atoms with Gasteiger partial charge in [-0.1, -0.05) is 0 Å². The summed E-state index contributed by atoms with van der Waals surface area (Å²) in [6, 6.07) is 0. The van der Waals surface area contributed by atoms with Gasteiger partial charge in [0.1, 0.15) is 0 Å². The van der Waals surface area contributed by atoms with Crippen molar-refractivity contribution in [3.63, 3.8) is 0 Å². The zero-order valence-corrected chi connectivity index (χ0v) is 7.64. The average molecular weight is 160 g/mol. The molecule has 0 unspecified atom stereocenters. The molecule has 0 heterocycles. The van der Waals surface area contributed by atoms with E-state index in [0.29, 0.717) is 13.0 Å². The third kappa shape index (κ3) is 4.79. The van der Waals surface area contributed by atoms with Crippen LogP contribution in [0.25, 0.3) is 0 Å². The molecular formula is C8H16O3. The van der Waals surface area contributed by atoms with Gasteiger partial charge in [0.05, 0.1) is 18.6 Å². The van der Waals surface area contributed by atoms with Gasteiger partial charge in [-0.2, -0.15) is 0 Å². The second-order valence-corrected chi connectivity index (χ2v) is 2.95. The lowest BCUT2D eigenvalue weighted by Gasteiger charge is -2.20. The topological polar surface area (TPSA) is 35.5 Å². The first-order valence-electron chi connectivity index (χ1n) is 3.72. The summed E-state index contributed by atoms with van der Waals surface area (Å²) in [5.74, 6) is -0.209. The lowest BCUT2D eigenvalue weighted by molar-refractivity contribution is -0.148. The fraction of sp³-hybridized carbons (Fsp3) is 0.875. The van der Waals surface area contributed by atoms with Crippen molar-refractivity contribution in [2.24, 2.45) is 0 Å². The summed E-state index contributed by atoms with van der Waals surface area (Å²) in [4.78, 5) is 10.9. The zero-order valence-electron chi connectivity index (χ0n) is 7.64. The minimum atomic E-state index is -0.410. The number of carbonyl (C=O) groups is 1. The molecule has 0 aromatic carbocycles. The molecule has 11 heavy (non-hydrogen) atoms. The van der Waals surface area contributed by atoms with Crippen molar-refractivity contribution >= 4 is 5.97 Å². The monoisotopic (exact) mass is 160 g/mol.